The summed E-state index contributed by atoms with van der Waals surface area (Å²) in [6.07, 6.45) is 3.29. The maximum absolute atomic E-state index is 13.1. The van der Waals surface area contributed by atoms with E-state index in [-0.39, 0.29) is 17.8 Å². The largest absolute Gasteiger partial charge is 0.487 e. The van der Waals surface area contributed by atoms with Crippen molar-refractivity contribution >= 4 is 23.3 Å². The normalized spacial score (nSPS) is 12.1. The molecular weight excluding hydrogens is 387 g/mol. The summed E-state index contributed by atoms with van der Waals surface area (Å²) in [4.78, 5) is 18.5. The molecule has 0 saturated heterocycles. The summed E-state index contributed by atoms with van der Waals surface area (Å²) in [6, 6.07) is 13.6. The van der Waals surface area contributed by atoms with Crippen LogP contribution in [0.25, 0.3) is 6.08 Å². The highest BCUT2D eigenvalue weighted by molar-refractivity contribution is 7.09. The molecule has 0 N–H and O–H groups in total. The van der Waals surface area contributed by atoms with Crippen molar-refractivity contribution < 1.29 is 13.9 Å². The molecule has 0 fully saturated rings. The average Bonchev–Trinajstić information content (AvgIpc) is 3.15. The number of likely N-dealkylation sites (N-methyl/N-ethyl adjacent to an activating group) is 1. The van der Waals surface area contributed by atoms with Gasteiger partial charge in [0.25, 0.3) is 0 Å². The lowest BCUT2D eigenvalue weighted by atomic mass is 10.1. The Hall–Kier alpha value is -2.99. The highest BCUT2D eigenvalue weighted by Gasteiger charge is 2.15. The van der Waals surface area contributed by atoms with Gasteiger partial charge in [-0.1, -0.05) is 24.3 Å². The fourth-order valence-electron chi connectivity index (χ4n) is 2.78. The molecule has 0 saturated carbocycles. The minimum absolute atomic E-state index is 0.133. The number of hydrogen-bond acceptors (Lipinski definition) is 4. The Morgan fingerprint density at radius 3 is 2.72 bits per heavy atom. The van der Waals surface area contributed by atoms with Crippen LogP contribution in [0.5, 0.6) is 5.75 Å². The van der Waals surface area contributed by atoms with Crippen LogP contribution in [0.15, 0.2) is 60.0 Å². The first-order valence-electron chi connectivity index (χ1n) is 9.26. The number of thiazole rings is 1. The molecule has 1 atom stereocenters. The van der Waals surface area contributed by atoms with E-state index in [4.69, 9.17) is 4.74 Å². The number of halogens is 1. The van der Waals surface area contributed by atoms with Crippen molar-refractivity contribution in [3.05, 3.63) is 87.6 Å². The van der Waals surface area contributed by atoms with Crippen LogP contribution >= 0.6 is 11.3 Å². The summed E-state index contributed by atoms with van der Waals surface area (Å²) < 4.78 is 18.9. The van der Waals surface area contributed by atoms with Crippen LogP contribution in [0.4, 0.5) is 4.39 Å². The molecule has 29 heavy (non-hydrogen) atoms. The summed E-state index contributed by atoms with van der Waals surface area (Å²) >= 11 is 1.59. The average molecular weight is 411 g/mol. The van der Waals surface area contributed by atoms with E-state index in [1.807, 2.05) is 43.5 Å². The van der Waals surface area contributed by atoms with E-state index >= 15 is 0 Å². The van der Waals surface area contributed by atoms with Gasteiger partial charge in [-0.2, -0.15) is 0 Å². The monoisotopic (exact) mass is 410 g/mol. The number of benzene rings is 2. The topological polar surface area (TPSA) is 42.4 Å². The lowest BCUT2D eigenvalue weighted by Gasteiger charge is -2.24. The quantitative estimate of drug-likeness (QED) is 0.490. The zero-order chi connectivity index (χ0) is 20.8. The zero-order valence-electron chi connectivity index (χ0n) is 16.6. The van der Waals surface area contributed by atoms with Gasteiger partial charge in [0.1, 0.15) is 18.2 Å². The Morgan fingerprint density at radius 1 is 1.28 bits per heavy atom. The maximum Gasteiger partial charge on any atom is 0.246 e. The Balaban J connectivity index is 1.61. The van der Waals surface area contributed by atoms with Crippen LogP contribution in [-0.4, -0.2) is 22.8 Å². The molecular formula is C23H23FN2O2S. The van der Waals surface area contributed by atoms with E-state index in [1.165, 1.54) is 18.2 Å². The Morgan fingerprint density at radius 2 is 2.03 bits per heavy atom. The van der Waals surface area contributed by atoms with Crippen LogP contribution in [0.2, 0.25) is 0 Å². The van der Waals surface area contributed by atoms with Crippen LogP contribution in [0.3, 0.4) is 0 Å². The van der Waals surface area contributed by atoms with Crippen molar-refractivity contribution in [2.45, 2.75) is 26.5 Å². The molecule has 150 valence electrons. The minimum atomic E-state index is -0.290. The van der Waals surface area contributed by atoms with Crippen molar-refractivity contribution in [1.82, 2.24) is 9.88 Å². The van der Waals surface area contributed by atoms with Crippen LogP contribution < -0.4 is 4.74 Å². The predicted molar refractivity (Wildman–Crippen MR) is 114 cm³/mol. The molecule has 0 aliphatic carbocycles. The van der Waals surface area contributed by atoms with E-state index in [2.05, 4.69) is 4.98 Å². The third kappa shape index (κ3) is 5.74. The van der Waals surface area contributed by atoms with E-state index in [9.17, 15) is 9.18 Å². The zero-order valence-corrected chi connectivity index (χ0v) is 17.4. The van der Waals surface area contributed by atoms with Gasteiger partial charge >= 0.3 is 0 Å². The molecule has 1 amide bonds. The summed E-state index contributed by atoms with van der Waals surface area (Å²) in [5, 5.41) is 2.99. The Kier molecular flexibility index (Phi) is 6.77. The molecule has 0 aliphatic rings. The van der Waals surface area contributed by atoms with Crippen molar-refractivity contribution in [3.8, 4) is 5.75 Å². The summed E-state index contributed by atoms with van der Waals surface area (Å²) in [5.74, 6) is 0.297. The molecule has 4 nitrogen and oxygen atoms in total. The number of rotatable bonds is 7. The molecule has 6 heteroatoms. The summed E-state index contributed by atoms with van der Waals surface area (Å²) in [5.41, 5.74) is 2.65. The molecule has 1 heterocycles. The number of hydrogen-bond donors (Lipinski definition) is 0. The molecule has 0 unspecified atom stereocenters. The van der Waals surface area contributed by atoms with Gasteiger partial charge < -0.3 is 9.64 Å². The molecule has 1 aromatic heterocycles. The molecule has 0 spiro atoms. The second kappa shape index (κ2) is 9.47. The van der Waals surface area contributed by atoms with Crippen molar-refractivity contribution in [2.75, 3.05) is 7.05 Å². The summed E-state index contributed by atoms with van der Waals surface area (Å²) in [7, 11) is 1.73. The Labute approximate surface area is 174 Å². The second-order valence-electron chi connectivity index (χ2n) is 6.73. The molecule has 2 aromatic carbocycles. The van der Waals surface area contributed by atoms with Gasteiger partial charge in [0.05, 0.1) is 16.7 Å². The van der Waals surface area contributed by atoms with Gasteiger partial charge in [-0.15, -0.1) is 11.3 Å². The molecule has 0 bridgehead atoms. The van der Waals surface area contributed by atoms with Gasteiger partial charge in [-0.05, 0) is 55.3 Å². The lowest BCUT2D eigenvalue weighted by Crippen LogP contribution is -2.27. The molecule has 0 radical (unpaired) electrons. The number of amides is 1. The van der Waals surface area contributed by atoms with Crippen molar-refractivity contribution in [1.29, 1.82) is 0 Å². The minimum Gasteiger partial charge on any atom is -0.487 e. The molecule has 0 aliphatic heterocycles. The van der Waals surface area contributed by atoms with Crippen LogP contribution in [0.1, 0.15) is 34.8 Å². The third-order valence-corrected chi connectivity index (χ3v) is 5.43. The van der Waals surface area contributed by atoms with Crippen LogP contribution in [-0.2, 0) is 11.4 Å². The number of aryl methyl sites for hydroxylation is 1. The Bertz CT molecular complexity index is 998. The van der Waals surface area contributed by atoms with Crippen LogP contribution in [0, 0.1) is 12.7 Å². The number of carbonyl (C=O) groups is 1. The van der Waals surface area contributed by atoms with Gasteiger partial charge in [-0.3, -0.25) is 4.79 Å². The second-order valence-corrected chi connectivity index (χ2v) is 7.79. The van der Waals surface area contributed by atoms with Gasteiger partial charge in [-0.25, -0.2) is 9.37 Å². The number of carbonyl (C=O) groups excluding carboxylic acids is 1. The van der Waals surface area contributed by atoms with Crippen molar-refractivity contribution in [3.63, 3.8) is 0 Å². The number of aromatic nitrogens is 1. The maximum atomic E-state index is 13.1. The lowest BCUT2D eigenvalue weighted by molar-refractivity contribution is -0.126. The highest BCUT2D eigenvalue weighted by atomic mass is 32.1. The predicted octanol–water partition coefficient (Wildman–Crippen LogP) is 5.40. The fourth-order valence-corrected chi connectivity index (χ4v) is 3.38. The molecule has 3 rings (SSSR count). The van der Waals surface area contributed by atoms with Crippen molar-refractivity contribution in [2.24, 2.45) is 0 Å². The van der Waals surface area contributed by atoms with E-state index < -0.39 is 0 Å². The first kappa shape index (κ1) is 20.7. The van der Waals surface area contributed by atoms with E-state index in [0.29, 0.717) is 6.61 Å². The summed E-state index contributed by atoms with van der Waals surface area (Å²) in [6.45, 7) is 4.28. The first-order valence-corrected chi connectivity index (χ1v) is 10.1. The van der Waals surface area contributed by atoms with E-state index in [0.717, 1.165) is 27.6 Å². The fraction of sp³-hybridized carbons (Fsp3) is 0.217. The molecule has 3 aromatic rings. The standard InChI is InChI=1S/C23H23FN2O2S/c1-16(19-8-10-20(24)11-9-19)26(3)23(27)12-7-18-5-4-6-22(13-18)28-14-21-15-29-17(2)25-21/h4-13,15-16H,14H2,1-3H3/b12-7-/t16-/m0/s1. The van der Waals surface area contributed by atoms with E-state index in [1.54, 1.807) is 41.5 Å². The number of nitrogens with zero attached hydrogens (tertiary/aromatic N) is 2. The van der Waals surface area contributed by atoms with Gasteiger partial charge in [0, 0.05) is 18.5 Å². The number of ether oxygens (including phenoxy) is 1. The third-order valence-electron chi connectivity index (χ3n) is 4.61. The SMILES string of the molecule is Cc1nc(COc2cccc(/C=C\C(=O)N(C)[C@@H](C)c3ccc(F)cc3)c2)cs1. The van der Waals surface area contributed by atoms with Gasteiger partial charge in [0.2, 0.25) is 5.91 Å². The first-order chi connectivity index (χ1) is 13.9. The smallest absolute Gasteiger partial charge is 0.246 e. The highest BCUT2D eigenvalue weighted by Crippen LogP contribution is 2.20. The van der Waals surface area contributed by atoms with Gasteiger partial charge in [0.15, 0.2) is 0 Å².